The largest absolute Gasteiger partial charge is 0.496 e. The zero-order chi connectivity index (χ0) is 29.5. The number of ether oxygens (including phenoxy) is 1. The summed E-state index contributed by atoms with van der Waals surface area (Å²) in [7, 11) is -1.26. The van der Waals surface area contributed by atoms with Crippen LogP contribution in [0.25, 0.3) is 10.9 Å². The number of ketones is 1. The van der Waals surface area contributed by atoms with Gasteiger partial charge in [0.25, 0.3) is 0 Å². The summed E-state index contributed by atoms with van der Waals surface area (Å²) in [6.07, 6.45) is 3.47. The van der Waals surface area contributed by atoms with Gasteiger partial charge in [0, 0.05) is 60.7 Å². The molecule has 0 bridgehead atoms. The second kappa shape index (κ2) is 11.5. The summed E-state index contributed by atoms with van der Waals surface area (Å²) in [6, 6.07) is 8.42. The van der Waals surface area contributed by atoms with E-state index in [1.54, 1.807) is 30.5 Å². The molecule has 1 unspecified atom stereocenters. The topological polar surface area (TPSA) is 127 Å². The van der Waals surface area contributed by atoms with Crippen molar-refractivity contribution in [3.05, 3.63) is 73.8 Å². The van der Waals surface area contributed by atoms with Crippen molar-refractivity contribution in [2.75, 3.05) is 50.8 Å². The predicted molar refractivity (Wildman–Crippen MR) is 155 cm³/mol. The van der Waals surface area contributed by atoms with Gasteiger partial charge in [0.15, 0.2) is 11.2 Å². The van der Waals surface area contributed by atoms with Crippen LogP contribution in [0.5, 0.6) is 5.75 Å². The van der Waals surface area contributed by atoms with Crippen LogP contribution in [0.3, 0.4) is 0 Å². The van der Waals surface area contributed by atoms with Gasteiger partial charge in [-0.05, 0) is 49.9 Å². The number of Topliss-reactive ketones (excluding diaryl/α,β-unsaturated/α-hetero) is 1. The highest BCUT2D eigenvalue weighted by Crippen LogP contribution is 2.38. The van der Waals surface area contributed by atoms with E-state index in [-0.39, 0.29) is 22.8 Å². The number of fused-ring (bicyclic) bond motifs is 2. The van der Waals surface area contributed by atoms with E-state index in [0.717, 1.165) is 38.9 Å². The number of rotatable bonds is 10. The lowest BCUT2D eigenvalue weighted by Gasteiger charge is -2.36. The molecule has 1 saturated heterocycles. The van der Waals surface area contributed by atoms with Gasteiger partial charge in [-0.2, -0.15) is 0 Å². The van der Waals surface area contributed by atoms with Crippen LogP contribution in [0, 0.1) is 15.9 Å². The number of benzene rings is 2. The molecule has 42 heavy (non-hydrogen) atoms. The third-order valence-electron chi connectivity index (χ3n) is 8.31. The average molecular weight is 578 g/mol. The molecular formula is C29H32BFN4O7. The standard InChI is InChI=1S/C29H32BFN4O7/c1-18(36)22-16-34(19-6-7-19)24-15-25(23(31)14-21(24)29(22)37)33-11-9-32(10-12-33)8-3-13-41-26-5-2-4-20-27(17-35(39)40)42-30(38)28(20)26/h2,4-5,14-16,19,27,38H,3,6-13,17H2,1H3. The summed E-state index contributed by atoms with van der Waals surface area (Å²) < 4.78 is 28.6. The number of piperazine rings is 1. The van der Waals surface area contributed by atoms with Crippen molar-refractivity contribution >= 4 is 35.0 Å². The van der Waals surface area contributed by atoms with E-state index in [0.29, 0.717) is 47.7 Å². The van der Waals surface area contributed by atoms with Crippen LogP contribution in [-0.4, -0.2) is 78.2 Å². The van der Waals surface area contributed by atoms with Gasteiger partial charge in [0.2, 0.25) is 6.54 Å². The molecule has 13 heteroatoms. The number of nitro groups is 1. The van der Waals surface area contributed by atoms with E-state index < -0.39 is 35.9 Å². The van der Waals surface area contributed by atoms with Crippen LogP contribution in [0.1, 0.15) is 54.3 Å². The fourth-order valence-electron chi connectivity index (χ4n) is 5.99. The smallest absolute Gasteiger partial charge is 0.494 e. The number of pyridine rings is 1. The highest BCUT2D eigenvalue weighted by molar-refractivity contribution is 6.62. The molecule has 3 heterocycles. The molecule has 1 atom stereocenters. The Balaban J connectivity index is 1.06. The van der Waals surface area contributed by atoms with Crippen LogP contribution < -0.4 is 20.5 Å². The van der Waals surface area contributed by atoms with E-state index in [1.807, 2.05) is 9.47 Å². The molecule has 2 aliphatic heterocycles. The Hall–Kier alpha value is -3.81. The molecule has 3 aromatic rings. The van der Waals surface area contributed by atoms with E-state index in [2.05, 4.69) is 4.90 Å². The molecule has 220 valence electrons. The first-order chi connectivity index (χ1) is 20.2. The quantitative estimate of drug-likeness (QED) is 0.127. The first-order valence-electron chi connectivity index (χ1n) is 14.3. The first kappa shape index (κ1) is 28.3. The van der Waals surface area contributed by atoms with Gasteiger partial charge in [0.1, 0.15) is 17.7 Å². The molecule has 2 fully saturated rings. The molecule has 11 nitrogen and oxygen atoms in total. The molecule has 3 aliphatic rings. The molecule has 1 aliphatic carbocycles. The third kappa shape index (κ3) is 5.51. The lowest BCUT2D eigenvalue weighted by Crippen LogP contribution is -2.47. The van der Waals surface area contributed by atoms with E-state index in [4.69, 9.17) is 9.39 Å². The zero-order valence-electron chi connectivity index (χ0n) is 23.3. The number of hydrogen-bond donors (Lipinski definition) is 1. The van der Waals surface area contributed by atoms with Crippen molar-refractivity contribution in [2.24, 2.45) is 0 Å². The average Bonchev–Trinajstić information content (AvgIpc) is 3.75. The molecule has 6 rings (SSSR count). The van der Waals surface area contributed by atoms with Gasteiger partial charge in [0.05, 0.1) is 23.4 Å². The molecule has 1 saturated carbocycles. The van der Waals surface area contributed by atoms with Crippen LogP contribution in [0.4, 0.5) is 10.1 Å². The van der Waals surface area contributed by atoms with Crippen molar-refractivity contribution in [3.8, 4) is 5.75 Å². The fourth-order valence-corrected chi connectivity index (χ4v) is 5.99. The Bertz CT molecular complexity index is 1600. The highest BCUT2D eigenvalue weighted by Gasteiger charge is 2.40. The Labute approximate surface area is 241 Å². The van der Waals surface area contributed by atoms with Gasteiger partial charge in [-0.25, -0.2) is 4.39 Å². The first-order valence-corrected chi connectivity index (χ1v) is 14.3. The minimum absolute atomic E-state index is 0.0966. The van der Waals surface area contributed by atoms with Gasteiger partial charge in [-0.1, -0.05) is 12.1 Å². The molecule has 1 N–H and O–H groups in total. The van der Waals surface area contributed by atoms with Crippen molar-refractivity contribution < 1.29 is 28.5 Å². The normalized spacial score (nSPS) is 18.9. The minimum Gasteiger partial charge on any atom is -0.494 e. The number of aromatic nitrogens is 1. The zero-order valence-corrected chi connectivity index (χ0v) is 23.3. The van der Waals surface area contributed by atoms with Crippen molar-refractivity contribution in [1.29, 1.82) is 0 Å². The Morgan fingerprint density at radius 2 is 2.00 bits per heavy atom. The lowest BCUT2D eigenvalue weighted by molar-refractivity contribution is -0.490. The summed E-state index contributed by atoms with van der Waals surface area (Å²) in [4.78, 5) is 39.7. The molecule has 2 aromatic carbocycles. The van der Waals surface area contributed by atoms with Crippen molar-refractivity contribution in [1.82, 2.24) is 9.47 Å². The molecule has 0 spiro atoms. The predicted octanol–water partition coefficient (Wildman–Crippen LogP) is 2.30. The Kier molecular flexibility index (Phi) is 7.73. The Morgan fingerprint density at radius 1 is 1.24 bits per heavy atom. The summed E-state index contributed by atoms with van der Waals surface area (Å²) in [5, 5.41) is 21.5. The molecule has 0 radical (unpaired) electrons. The van der Waals surface area contributed by atoms with E-state index in [1.165, 1.54) is 13.0 Å². The SMILES string of the molecule is CC(=O)c1cn(C2CC2)c2cc(N3CCN(CCCOc4cccc5c4B(O)OC5C[N+](=O)[O-])CC3)c(F)cc2c1=O. The van der Waals surface area contributed by atoms with Crippen LogP contribution in [0.2, 0.25) is 0 Å². The Morgan fingerprint density at radius 3 is 2.69 bits per heavy atom. The summed E-state index contributed by atoms with van der Waals surface area (Å²) in [6.45, 7) is 4.79. The second-order valence-corrected chi connectivity index (χ2v) is 11.2. The number of halogens is 1. The summed E-state index contributed by atoms with van der Waals surface area (Å²) in [5.41, 5.74) is 1.81. The van der Waals surface area contributed by atoms with Crippen LogP contribution in [0.15, 0.2) is 41.3 Å². The van der Waals surface area contributed by atoms with Gasteiger partial charge >= 0.3 is 7.12 Å². The van der Waals surface area contributed by atoms with Crippen molar-refractivity contribution in [3.63, 3.8) is 0 Å². The lowest BCUT2D eigenvalue weighted by atomic mass is 9.78. The fraction of sp³-hybridized carbons (Fsp3) is 0.448. The monoisotopic (exact) mass is 578 g/mol. The molecule has 1 aromatic heterocycles. The maximum Gasteiger partial charge on any atom is 0.496 e. The van der Waals surface area contributed by atoms with Gasteiger partial charge in [-0.3, -0.25) is 24.6 Å². The maximum absolute atomic E-state index is 15.3. The number of carbonyl (C=O) groups is 1. The second-order valence-electron chi connectivity index (χ2n) is 11.2. The summed E-state index contributed by atoms with van der Waals surface area (Å²) >= 11 is 0. The minimum atomic E-state index is -1.26. The number of hydrogen-bond acceptors (Lipinski definition) is 9. The van der Waals surface area contributed by atoms with Crippen LogP contribution >= 0.6 is 0 Å². The van der Waals surface area contributed by atoms with Gasteiger partial charge in [-0.15, -0.1) is 0 Å². The summed E-state index contributed by atoms with van der Waals surface area (Å²) in [5.74, 6) is -0.322. The third-order valence-corrected chi connectivity index (χ3v) is 8.31. The van der Waals surface area contributed by atoms with Crippen molar-refractivity contribution in [2.45, 2.75) is 38.3 Å². The number of carbonyl (C=O) groups excluding carboxylic acids is 1. The molecule has 0 amide bonds. The van der Waals surface area contributed by atoms with E-state index in [9.17, 15) is 24.7 Å². The van der Waals surface area contributed by atoms with Crippen LogP contribution in [-0.2, 0) is 4.65 Å². The molecular weight excluding hydrogens is 546 g/mol. The highest BCUT2D eigenvalue weighted by atomic mass is 19.1. The van der Waals surface area contributed by atoms with Gasteiger partial charge < -0.3 is 23.9 Å². The number of nitrogens with zero attached hydrogens (tertiary/aromatic N) is 4. The number of anilines is 1. The van der Waals surface area contributed by atoms with E-state index >= 15 is 4.39 Å². The maximum atomic E-state index is 15.3.